The van der Waals surface area contributed by atoms with Gasteiger partial charge in [-0.15, -0.1) is 5.10 Å². The lowest BCUT2D eigenvalue weighted by atomic mass is 10.1. The number of fused-ring (bicyclic) bond motifs is 1. The van der Waals surface area contributed by atoms with Crippen molar-refractivity contribution in [3.05, 3.63) is 88.3 Å². The first-order valence-electron chi connectivity index (χ1n) is 25.3. The van der Waals surface area contributed by atoms with Crippen molar-refractivity contribution >= 4 is 49.6 Å². The van der Waals surface area contributed by atoms with Gasteiger partial charge in [-0.2, -0.15) is 28.2 Å². The molecule has 5 aromatic rings. The van der Waals surface area contributed by atoms with E-state index in [9.17, 15) is 55.4 Å². The fourth-order valence-corrected chi connectivity index (χ4v) is 10.4. The van der Waals surface area contributed by atoms with E-state index in [2.05, 4.69) is 30.1 Å². The average Bonchev–Trinajstić information content (AvgIpc) is 3.94. The van der Waals surface area contributed by atoms with Crippen molar-refractivity contribution in [2.45, 2.75) is 56.8 Å². The molecule has 0 amide bonds. The molecule has 1 aliphatic rings. The van der Waals surface area contributed by atoms with Crippen LogP contribution in [0.15, 0.2) is 48.8 Å². The van der Waals surface area contributed by atoms with E-state index in [1.54, 1.807) is 10.9 Å². The summed E-state index contributed by atoms with van der Waals surface area (Å²) in [5.74, 6) is -7.22. The van der Waals surface area contributed by atoms with Crippen molar-refractivity contribution in [3.8, 4) is 5.75 Å². The van der Waals surface area contributed by atoms with Crippen LogP contribution in [0.4, 0.5) is 32.2 Å². The summed E-state index contributed by atoms with van der Waals surface area (Å²) in [4.78, 5) is 49.8. The molecular weight excluding hydrogens is 1190 g/mol. The average molecular weight is 1250 g/mol. The Kier molecular flexibility index (Phi) is 26.9. The van der Waals surface area contributed by atoms with E-state index in [0.29, 0.717) is 50.8 Å². The summed E-state index contributed by atoms with van der Waals surface area (Å²) in [7, 11) is -9.84. The topological polar surface area (TPSA) is 331 Å². The van der Waals surface area contributed by atoms with Gasteiger partial charge in [0.05, 0.1) is 149 Å². The standard InChI is InChI=1S/C47H61ClF6N8O19P2/c48-46-56-43(34-25-55-62(44(34)57-46)45-41(65)40(64)38(80-45)29-79-83(69,70)30-82(66,67)68)60(26-31-3-1-2-4-35(31)47(52,53)54)6-9-72-12-15-75-19-20-77-21-22-78-28-33-27-61(59-58-33)7-10-73-13-16-76-18-17-74-14-11-71-8-5-39(63)81-42-36(50)23-32(49)24-37(42)51/h1-4,23-25,27,38,40-41,45,64-65H,5-22,26,28-30H2,(H,69,70)(H2,66,67,68)/t38-,40-,41-,45-/m1/s1. The SMILES string of the molecule is O=C(CCOCCOCCOCCOCCn1cc(COCCOCCOCCOCCN(Cc2ccccc2C(F)(F)F)c2nc(Cl)nc3c2cnn3[C@@H]2O[C@H](COP(=O)(O)CP(=O)(O)O)[C@@H](O)[C@H]2O)nn1)Oc1c(F)cc(F)cc1F. The monoisotopic (exact) mass is 1250 g/mol. The molecule has 3 aromatic heterocycles. The second-order valence-corrected chi connectivity index (χ2v) is 22.1. The molecule has 1 unspecified atom stereocenters. The minimum atomic E-state index is -4.98. The Hall–Kier alpha value is -4.87. The van der Waals surface area contributed by atoms with E-state index in [0.717, 1.165) is 10.7 Å². The summed E-state index contributed by atoms with van der Waals surface area (Å²) >= 11 is 6.36. The third-order valence-corrected chi connectivity index (χ3v) is 15.1. The minimum absolute atomic E-state index is 0.0157. The van der Waals surface area contributed by atoms with Crippen LogP contribution in [-0.4, -0.2) is 202 Å². The molecule has 0 spiro atoms. The number of alkyl halides is 3. The number of halogens is 7. The number of nitrogens with zero attached hydrogens (tertiary/aromatic N) is 8. The van der Waals surface area contributed by atoms with E-state index in [1.165, 1.54) is 29.3 Å². The van der Waals surface area contributed by atoms with E-state index in [1.807, 2.05) is 0 Å². The lowest BCUT2D eigenvalue weighted by molar-refractivity contribution is -0.138. The minimum Gasteiger partial charge on any atom is -0.420 e. The zero-order valence-corrected chi connectivity index (χ0v) is 46.6. The number of carbonyl (C=O) groups excluding carboxylic acids is 1. The highest BCUT2D eigenvalue weighted by molar-refractivity contribution is 7.70. The van der Waals surface area contributed by atoms with E-state index in [4.69, 9.17) is 68.5 Å². The van der Waals surface area contributed by atoms with Crippen LogP contribution in [-0.2, 0) is 87.0 Å². The molecule has 2 aromatic carbocycles. The van der Waals surface area contributed by atoms with Gasteiger partial charge in [0, 0.05) is 25.2 Å². The van der Waals surface area contributed by atoms with Gasteiger partial charge >= 0.3 is 27.3 Å². The smallest absolute Gasteiger partial charge is 0.416 e. The zero-order valence-electron chi connectivity index (χ0n) is 44.1. The number of hydrogen-bond donors (Lipinski definition) is 5. The molecule has 36 heteroatoms. The second kappa shape index (κ2) is 33.1. The second-order valence-electron chi connectivity index (χ2n) is 17.7. The predicted octanol–water partition coefficient (Wildman–Crippen LogP) is 3.80. The van der Waals surface area contributed by atoms with Crippen LogP contribution in [0.5, 0.6) is 5.75 Å². The van der Waals surface area contributed by atoms with Gasteiger partial charge in [0.25, 0.3) is 0 Å². The van der Waals surface area contributed by atoms with Gasteiger partial charge in [-0.3, -0.25) is 13.9 Å². The van der Waals surface area contributed by atoms with Crippen molar-refractivity contribution in [3.63, 3.8) is 0 Å². The highest BCUT2D eigenvalue weighted by Gasteiger charge is 2.46. The number of rotatable bonds is 39. The molecule has 4 heterocycles. The third kappa shape index (κ3) is 22.5. The fourth-order valence-electron chi connectivity index (χ4n) is 7.64. The van der Waals surface area contributed by atoms with Gasteiger partial charge in [-0.05, 0) is 23.2 Å². The molecule has 27 nitrogen and oxygen atoms in total. The number of carbonyl (C=O) groups is 1. The molecule has 0 radical (unpaired) electrons. The molecule has 1 fully saturated rings. The summed E-state index contributed by atoms with van der Waals surface area (Å²) in [6.07, 6.45) is -8.60. The largest absolute Gasteiger partial charge is 0.420 e. The quantitative estimate of drug-likeness (QED) is 0.00933. The van der Waals surface area contributed by atoms with Crippen molar-refractivity contribution in [1.82, 2.24) is 34.7 Å². The van der Waals surface area contributed by atoms with Crippen LogP contribution in [0.1, 0.15) is 29.5 Å². The lowest BCUT2D eigenvalue weighted by Gasteiger charge is -2.26. The van der Waals surface area contributed by atoms with Crippen molar-refractivity contribution in [2.24, 2.45) is 0 Å². The predicted molar refractivity (Wildman–Crippen MR) is 273 cm³/mol. The number of hydrogen-bond acceptors (Lipinski definition) is 22. The normalized spacial score (nSPS) is 17.4. The Bertz CT molecular complexity index is 2890. The van der Waals surface area contributed by atoms with Crippen molar-refractivity contribution in [1.29, 1.82) is 0 Å². The summed E-state index contributed by atoms with van der Waals surface area (Å²) in [5, 5.41) is 33.7. The maximum atomic E-state index is 14.2. The molecule has 6 rings (SSSR count). The van der Waals surface area contributed by atoms with Gasteiger partial charge in [-0.1, -0.05) is 23.4 Å². The third-order valence-electron chi connectivity index (χ3n) is 11.4. The summed E-state index contributed by atoms with van der Waals surface area (Å²) < 4.78 is 168. The first-order chi connectivity index (χ1) is 39.6. The number of aliphatic hydroxyl groups is 2. The highest BCUT2D eigenvalue weighted by Crippen LogP contribution is 2.55. The number of benzene rings is 2. The molecule has 1 saturated heterocycles. The van der Waals surface area contributed by atoms with Crippen LogP contribution >= 0.6 is 26.8 Å². The molecule has 83 heavy (non-hydrogen) atoms. The van der Waals surface area contributed by atoms with Crippen molar-refractivity contribution < 1.29 is 117 Å². The molecule has 1 aliphatic heterocycles. The number of esters is 1. The maximum absolute atomic E-state index is 14.2. The van der Waals surface area contributed by atoms with Crippen molar-refractivity contribution in [2.75, 3.05) is 123 Å². The van der Waals surface area contributed by atoms with Crippen LogP contribution in [0.25, 0.3) is 11.0 Å². The Morgan fingerprint density at radius 3 is 1.96 bits per heavy atom. The molecule has 462 valence electrons. The first-order valence-corrected chi connectivity index (χ1v) is 29.2. The van der Waals surface area contributed by atoms with E-state index >= 15 is 0 Å². The number of ether oxygens (including phenoxy) is 10. The van der Waals surface area contributed by atoms with Gasteiger partial charge < -0.3 is 81.7 Å². The Labute approximate surface area is 474 Å². The number of aliphatic hydroxyl groups excluding tert-OH is 2. The van der Waals surface area contributed by atoms with Gasteiger partial charge in [0.1, 0.15) is 35.6 Å². The number of aromatic nitrogens is 7. The maximum Gasteiger partial charge on any atom is 0.416 e. The zero-order chi connectivity index (χ0) is 60.0. The Balaban J connectivity index is 0.814. The van der Waals surface area contributed by atoms with E-state index < -0.39 is 93.2 Å². The lowest BCUT2D eigenvalue weighted by Crippen LogP contribution is -2.34. The molecule has 5 N–H and O–H groups in total. The summed E-state index contributed by atoms with van der Waals surface area (Å²) in [5.41, 5.74) is -0.509. The Morgan fingerprint density at radius 1 is 0.771 bits per heavy atom. The Morgan fingerprint density at radius 2 is 1.35 bits per heavy atom. The van der Waals surface area contributed by atoms with Gasteiger partial charge in [0.2, 0.25) is 11.0 Å². The first kappa shape index (κ1) is 67.3. The van der Waals surface area contributed by atoms with E-state index in [-0.39, 0.29) is 126 Å². The van der Waals surface area contributed by atoms with Crippen LogP contribution < -0.4 is 9.64 Å². The van der Waals surface area contributed by atoms with Gasteiger partial charge in [-0.25, -0.2) is 22.5 Å². The van der Waals surface area contributed by atoms with Gasteiger partial charge in [0.15, 0.2) is 29.4 Å². The molecular formula is C47H61ClF6N8O19P2. The van der Waals surface area contributed by atoms with Crippen LogP contribution in [0.3, 0.4) is 0 Å². The summed E-state index contributed by atoms with van der Waals surface area (Å²) in [6, 6.07) is 5.73. The molecule has 0 bridgehead atoms. The summed E-state index contributed by atoms with van der Waals surface area (Å²) in [6.45, 7) is 2.38. The van der Waals surface area contributed by atoms with Crippen LogP contribution in [0, 0.1) is 17.5 Å². The molecule has 0 aliphatic carbocycles. The van der Waals surface area contributed by atoms with Crippen LogP contribution in [0.2, 0.25) is 5.28 Å². The number of anilines is 1. The highest BCUT2D eigenvalue weighted by atomic mass is 35.5. The molecule has 5 atom stereocenters. The molecule has 0 saturated carbocycles. The fraction of sp³-hybridized carbons (Fsp3) is 0.574.